The standard InChI is InChI=1S/C18H24N4O4/c1-3-4-5-11(2)18(26)22-14(6-7-16(23)24)17(25)13-8-12(20)10-21-15(13)9-19/h8,10-11,14H,3-7,20H2,1-2H3,(H,22,26)(H,23,24)/t11-,14-/m0/s1. The minimum atomic E-state index is -1.08. The molecule has 0 saturated heterocycles. The highest BCUT2D eigenvalue weighted by molar-refractivity contribution is 6.04. The maximum Gasteiger partial charge on any atom is 0.303 e. The Kier molecular flexibility index (Phi) is 8.22. The summed E-state index contributed by atoms with van der Waals surface area (Å²) in [5.41, 5.74) is 5.71. The summed E-state index contributed by atoms with van der Waals surface area (Å²) in [6.45, 7) is 3.77. The Bertz CT molecular complexity index is 712. The van der Waals surface area contributed by atoms with Gasteiger partial charge in [0.1, 0.15) is 6.07 Å². The molecule has 1 heterocycles. The van der Waals surface area contributed by atoms with E-state index in [1.54, 1.807) is 6.92 Å². The molecule has 0 aromatic carbocycles. The molecule has 2 atom stereocenters. The summed E-state index contributed by atoms with van der Waals surface area (Å²) in [5, 5.41) is 20.7. The number of amides is 1. The Hall–Kier alpha value is -2.95. The fraction of sp³-hybridized carbons (Fsp3) is 0.500. The molecule has 1 aromatic rings. The lowest BCUT2D eigenvalue weighted by atomic mass is 9.97. The van der Waals surface area contributed by atoms with Crippen LogP contribution in [0.4, 0.5) is 5.69 Å². The van der Waals surface area contributed by atoms with Crippen molar-refractivity contribution in [2.24, 2.45) is 5.92 Å². The van der Waals surface area contributed by atoms with Crippen LogP contribution in [0.5, 0.6) is 0 Å². The van der Waals surface area contributed by atoms with Crippen molar-refractivity contribution >= 4 is 23.3 Å². The van der Waals surface area contributed by atoms with E-state index in [0.717, 1.165) is 12.8 Å². The fourth-order valence-electron chi connectivity index (χ4n) is 2.44. The van der Waals surface area contributed by atoms with Crippen LogP contribution in [0.3, 0.4) is 0 Å². The number of nitrogen functional groups attached to an aromatic ring is 1. The molecule has 140 valence electrons. The average Bonchev–Trinajstić information content (AvgIpc) is 2.61. The van der Waals surface area contributed by atoms with Crippen LogP contribution in [0.15, 0.2) is 12.3 Å². The van der Waals surface area contributed by atoms with Crippen LogP contribution in [0.25, 0.3) is 0 Å². The van der Waals surface area contributed by atoms with Gasteiger partial charge in [0.25, 0.3) is 0 Å². The smallest absolute Gasteiger partial charge is 0.303 e. The lowest BCUT2D eigenvalue weighted by Gasteiger charge is -2.20. The second-order valence-corrected chi connectivity index (χ2v) is 6.18. The fourth-order valence-corrected chi connectivity index (χ4v) is 2.44. The monoisotopic (exact) mass is 360 g/mol. The molecular formula is C18H24N4O4. The maximum atomic E-state index is 12.8. The number of aromatic nitrogens is 1. The van der Waals surface area contributed by atoms with Crippen LogP contribution in [0, 0.1) is 17.2 Å². The van der Waals surface area contributed by atoms with E-state index in [0.29, 0.717) is 6.42 Å². The Balaban J connectivity index is 3.04. The number of carbonyl (C=O) groups is 3. The number of hydrogen-bond donors (Lipinski definition) is 3. The van der Waals surface area contributed by atoms with Gasteiger partial charge in [0, 0.05) is 12.3 Å². The predicted molar refractivity (Wildman–Crippen MR) is 95.2 cm³/mol. The van der Waals surface area contributed by atoms with Crippen molar-refractivity contribution in [1.82, 2.24) is 10.3 Å². The number of nitrogens with one attached hydrogen (secondary N) is 1. The first-order valence-electron chi connectivity index (χ1n) is 8.52. The number of hydrogen-bond acceptors (Lipinski definition) is 6. The molecule has 0 aliphatic rings. The highest BCUT2D eigenvalue weighted by Gasteiger charge is 2.27. The van der Waals surface area contributed by atoms with E-state index in [1.165, 1.54) is 12.3 Å². The van der Waals surface area contributed by atoms with Crippen molar-refractivity contribution in [3.8, 4) is 6.07 Å². The molecule has 1 amide bonds. The van der Waals surface area contributed by atoms with Crippen molar-refractivity contribution < 1.29 is 19.5 Å². The summed E-state index contributed by atoms with van der Waals surface area (Å²) >= 11 is 0. The molecule has 8 heteroatoms. The molecule has 0 bridgehead atoms. The summed E-state index contributed by atoms with van der Waals surface area (Å²) in [6.07, 6.45) is 3.37. The van der Waals surface area contributed by atoms with Crippen molar-refractivity contribution in [3.63, 3.8) is 0 Å². The van der Waals surface area contributed by atoms with E-state index in [4.69, 9.17) is 16.1 Å². The molecule has 0 aliphatic heterocycles. The van der Waals surface area contributed by atoms with Crippen LogP contribution >= 0.6 is 0 Å². The van der Waals surface area contributed by atoms with E-state index < -0.39 is 17.8 Å². The average molecular weight is 360 g/mol. The second kappa shape index (κ2) is 10.1. The zero-order valence-corrected chi connectivity index (χ0v) is 15.0. The summed E-state index contributed by atoms with van der Waals surface area (Å²) < 4.78 is 0. The highest BCUT2D eigenvalue weighted by atomic mass is 16.4. The number of carboxylic acids is 1. The predicted octanol–water partition coefficient (Wildman–Crippen LogP) is 1.89. The first-order valence-corrected chi connectivity index (χ1v) is 8.52. The third kappa shape index (κ3) is 6.16. The zero-order chi connectivity index (χ0) is 19.7. The minimum absolute atomic E-state index is 0.0237. The minimum Gasteiger partial charge on any atom is -0.481 e. The van der Waals surface area contributed by atoms with Crippen molar-refractivity contribution in [1.29, 1.82) is 5.26 Å². The third-order valence-electron chi connectivity index (χ3n) is 4.00. The van der Waals surface area contributed by atoms with Gasteiger partial charge in [-0.05, 0) is 18.9 Å². The van der Waals surface area contributed by atoms with Gasteiger partial charge in [-0.3, -0.25) is 14.4 Å². The molecule has 4 N–H and O–H groups in total. The van der Waals surface area contributed by atoms with Gasteiger partial charge < -0.3 is 16.2 Å². The Labute approximate surface area is 152 Å². The van der Waals surface area contributed by atoms with Gasteiger partial charge in [-0.25, -0.2) is 4.98 Å². The summed E-state index contributed by atoms with van der Waals surface area (Å²) in [6, 6.07) is 2.07. The molecule has 0 spiro atoms. The first-order chi connectivity index (χ1) is 12.3. The van der Waals surface area contributed by atoms with E-state index in [2.05, 4.69) is 10.3 Å². The topological polar surface area (TPSA) is 146 Å². The van der Waals surface area contributed by atoms with Gasteiger partial charge in [0.15, 0.2) is 11.5 Å². The number of rotatable bonds is 10. The van der Waals surface area contributed by atoms with E-state index in [9.17, 15) is 14.4 Å². The Morgan fingerprint density at radius 2 is 2.08 bits per heavy atom. The van der Waals surface area contributed by atoms with E-state index in [-0.39, 0.29) is 41.6 Å². The van der Waals surface area contributed by atoms with Gasteiger partial charge in [-0.15, -0.1) is 0 Å². The summed E-state index contributed by atoms with van der Waals surface area (Å²) in [7, 11) is 0. The molecule has 0 aliphatic carbocycles. The summed E-state index contributed by atoms with van der Waals surface area (Å²) in [4.78, 5) is 39.9. The number of pyridine rings is 1. The van der Waals surface area contributed by atoms with Crippen molar-refractivity contribution in [3.05, 3.63) is 23.5 Å². The largest absolute Gasteiger partial charge is 0.481 e. The number of anilines is 1. The number of nitrogens with zero attached hydrogens (tertiary/aromatic N) is 2. The number of carboxylic acid groups (broad SMARTS) is 1. The van der Waals surface area contributed by atoms with Gasteiger partial charge in [-0.1, -0.05) is 26.7 Å². The van der Waals surface area contributed by atoms with Crippen LogP contribution in [0.2, 0.25) is 0 Å². The molecule has 0 radical (unpaired) electrons. The van der Waals surface area contributed by atoms with Gasteiger partial charge in [-0.2, -0.15) is 5.26 Å². The highest BCUT2D eigenvalue weighted by Crippen LogP contribution is 2.16. The molecular weight excluding hydrogens is 336 g/mol. The van der Waals surface area contributed by atoms with Gasteiger partial charge in [0.2, 0.25) is 5.91 Å². The quantitative estimate of drug-likeness (QED) is 0.540. The number of Topliss-reactive ketones (excluding diaryl/α,β-unsaturated/α-hetero) is 1. The molecule has 0 fully saturated rings. The molecule has 0 unspecified atom stereocenters. The van der Waals surface area contributed by atoms with Crippen LogP contribution < -0.4 is 11.1 Å². The zero-order valence-electron chi connectivity index (χ0n) is 15.0. The number of ketones is 1. The number of nitriles is 1. The lowest BCUT2D eigenvalue weighted by molar-refractivity contribution is -0.137. The molecule has 1 aromatic heterocycles. The molecule has 0 saturated carbocycles. The number of unbranched alkanes of at least 4 members (excludes halogenated alkanes) is 1. The van der Waals surface area contributed by atoms with E-state index >= 15 is 0 Å². The molecule has 1 rings (SSSR count). The number of carbonyl (C=O) groups excluding carboxylic acids is 2. The molecule has 26 heavy (non-hydrogen) atoms. The molecule has 8 nitrogen and oxygen atoms in total. The van der Waals surface area contributed by atoms with Gasteiger partial charge >= 0.3 is 5.97 Å². The normalized spacial score (nSPS) is 12.7. The SMILES string of the molecule is CCCC[C@H](C)C(=O)N[C@@H](CCC(=O)O)C(=O)c1cc(N)cnc1C#N. The van der Waals surface area contributed by atoms with Crippen molar-refractivity contribution in [2.45, 2.75) is 52.0 Å². The number of aliphatic carboxylic acids is 1. The number of nitrogens with two attached hydrogens (primary N) is 1. The van der Waals surface area contributed by atoms with Crippen LogP contribution in [-0.2, 0) is 9.59 Å². The Morgan fingerprint density at radius 3 is 2.65 bits per heavy atom. The van der Waals surface area contributed by atoms with E-state index in [1.807, 2.05) is 13.0 Å². The first kappa shape index (κ1) is 21.1. The van der Waals surface area contributed by atoms with Crippen LogP contribution in [0.1, 0.15) is 62.0 Å². The maximum absolute atomic E-state index is 12.8. The second-order valence-electron chi connectivity index (χ2n) is 6.18. The Morgan fingerprint density at radius 1 is 1.38 bits per heavy atom. The lowest BCUT2D eigenvalue weighted by Crippen LogP contribution is -2.43. The summed E-state index contributed by atoms with van der Waals surface area (Å²) in [5.74, 6) is -2.28. The van der Waals surface area contributed by atoms with Crippen molar-refractivity contribution in [2.75, 3.05) is 5.73 Å². The van der Waals surface area contributed by atoms with Gasteiger partial charge in [0.05, 0.1) is 23.5 Å². The van der Waals surface area contributed by atoms with Crippen LogP contribution in [-0.4, -0.2) is 33.8 Å². The third-order valence-corrected chi connectivity index (χ3v) is 4.00.